The van der Waals surface area contributed by atoms with Gasteiger partial charge in [-0.25, -0.2) is 13.8 Å². The molecule has 0 bridgehead atoms. The number of nitrogens with one attached hydrogen (secondary N) is 3. The van der Waals surface area contributed by atoms with Gasteiger partial charge in [0.25, 0.3) is 0 Å². The molecule has 1 aliphatic rings. The van der Waals surface area contributed by atoms with E-state index >= 15 is 0 Å². The highest BCUT2D eigenvalue weighted by Gasteiger charge is 2.27. The van der Waals surface area contributed by atoms with Crippen molar-refractivity contribution < 1.29 is 13.6 Å². The molecule has 3 N–H and O–H groups in total. The molecule has 3 rings (SSSR count). The number of carbonyl (C=O) groups is 1. The second-order valence-corrected chi connectivity index (χ2v) is 7.43. The molecule has 1 amide bonds. The van der Waals surface area contributed by atoms with E-state index in [0.717, 1.165) is 6.42 Å². The molecule has 1 heterocycles. The molecule has 174 valence electrons. The van der Waals surface area contributed by atoms with Crippen LogP contribution in [0.5, 0.6) is 0 Å². The maximum absolute atomic E-state index is 14.0. The Kier molecular flexibility index (Phi) is 10.6. The zero-order valence-electron chi connectivity index (χ0n) is 18.1. The van der Waals surface area contributed by atoms with Crippen molar-refractivity contribution in [3.8, 4) is 0 Å². The van der Waals surface area contributed by atoms with Gasteiger partial charge in [0.2, 0.25) is 5.91 Å². The van der Waals surface area contributed by atoms with Crippen LogP contribution >= 0.6 is 24.0 Å². The lowest BCUT2D eigenvalue weighted by molar-refractivity contribution is -0.119. The average Bonchev–Trinajstić information content (AvgIpc) is 3.21. The monoisotopic (exact) mass is 557 g/mol. The van der Waals surface area contributed by atoms with Crippen molar-refractivity contribution >= 4 is 41.5 Å². The first-order valence-corrected chi connectivity index (χ1v) is 10.6. The number of para-hydroxylation sites is 1. The normalized spacial score (nSPS) is 15.8. The van der Waals surface area contributed by atoms with E-state index in [9.17, 15) is 13.6 Å². The van der Waals surface area contributed by atoms with Gasteiger partial charge in [0.05, 0.1) is 0 Å². The molecule has 1 saturated heterocycles. The molecule has 32 heavy (non-hydrogen) atoms. The number of halogens is 3. The van der Waals surface area contributed by atoms with Gasteiger partial charge in [-0.3, -0.25) is 4.79 Å². The van der Waals surface area contributed by atoms with E-state index in [1.165, 1.54) is 23.8 Å². The first-order chi connectivity index (χ1) is 15.1. The van der Waals surface area contributed by atoms with Gasteiger partial charge >= 0.3 is 0 Å². The van der Waals surface area contributed by atoms with Crippen molar-refractivity contribution in [3.05, 3.63) is 65.7 Å². The molecular weight excluding hydrogens is 527 g/mol. The quantitative estimate of drug-likeness (QED) is 0.265. The molecular formula is C23H30F2IN5O. The van der Waals surface area contributed by atoms with Crippen LogP contribution in [0.15, 0.2) is 53.5 Å². The second kappa shape index (κ2) is 13.2. The maximum atomic E-state index is 14.0. The fraction of sp³-hybridized carbons (Fsp3) is 0.391. The fourth-order valence-corrected chi connectivity index (χ4v) is 3.58. The zero-order chi connectivity index (χ0) is 22.1. The molecule has 6 nitrogen and oxygen atoms in total. The van der Waals surface area contributed by atoms with Crippen molar-refractivity contribution in [2.24, 2.45) is 4.99 Å². The van der Waals surface area contributed by atoms with Gasteiger partial charge in [-0.05, 0) is 37.5 Å². The third-order valence-electron chi connectivity index (χ3n) is 5.09. The predicted octanol–water partition coefficient (Wildman–Crippen LogP) is 3.08. The highest BCUT2D eigenvalue weighted by Crippen LogP contribution is 2.26. The summed E-state index contributed by atoms with van der Waals surface area (Å²) in [5, 5.41) is 9.25. The zero-order valence-corrected chi connectivity index (χ0v) is 20.4. The summed E-state index contributed by atoms with van der Waals surface area (Å²) in [7, 11) is 0. The molecule has 0 spiro atoms. The van der Waals surface area contributed by atoms with Gasteiger partial charge in [0.1, 0.15) is 23.9 Å². The number of hydrogen-bond donors (Lipinski definition) is 3. The first-order valence-electron chi connectivity index (χ1n) is 10.6. The Morgan fingerprint density at radius 2 is 1.81 bits per heavy atom. The summed E-state index contributed by atoms with van der Waals surface area (Å²) in [4.78, 5) is 18.2. The number of rotatable bonds is 8. The Labute approximate surface area is 204 Å². The van der Waals surface area contributed by atoms with Gasteiger partial charge in [-0.2, -0.15) is 0 Å². The van der Waals surface area contributed by atoms with Gasteiger partial charge < -0.3 is 20.9 Å². The number of amides is 1. The van der Waals surface area contributed by atoms with E-state index in [0.29, 0.717) is 38.6 Å². The van der Waals surface area contributed by atoms with E-state index in [-0.39, 0.29) is 48.2 Å². The number of aliphatic imine (C=N–C) groups is 1. The molecule has 0 aliphatic carbocycles. The summed E-state index contributed by atoms with van der Waals surface area (Å²) in [6, 6.07) is 13.8. The van der Waals surface area contributed by atoms with Gasteiger partial charge in [0.15, 0.2) is 5.96 Å². The van der Waals surface area contributed by atoms with Crippen molar-refractivity contribution in [1.29, 1.82) is 0 Å². The summed E-state index contributed by atoms with van der Waals surface area (Å²) in [5.41, 5.74) is 1.17. The minimum absolute atomic E-state index is 0. The van der Waals surface area contributed by atoms with Crippen LogP contribution in [0.4, 0.5) is 14.5 Å². The lowest BCUT2D eigenvalue weighted by Crippen LogP contribution is -2.45. The Bertz CT molecular complexity index is 877. The Morgan fingerprint density at radius 1 is 1.09 bits per heavy atom. The van der Waals surface area contributed by atoms with Crippen molar-refractivity contribution in [2.75, 3.05) is 37.6 Å². The highest BCUT2D eigenvalue weighted by atomic mass is 127. The highest BCUT2D eigenvalue weighted by molar-refractivity contribution is 14.0. The third kappa shape index (κ3) is 7.61. The van der Waals surface area contributed by atoms with Crippen LogP contribution in [0.25, 0.3) is 0 Å². The summed E-state index contributed by atoms with van der Waals surface area (Å²) >= 11 is 0. The number of carbonyl (C=O) groups excluding carboxylic acids is 1. The lowest BCUT2D eigenvalue weighted by Gasteiger charge is -2.21. The van der Waals surface area contributed by atoms with E-state index in [2.05, 4.69) is 20.9 Å². The van der Waals surface area contributed by atoms with Crippen LogP contribution in [0.3, 0.4) is 0 Å². The van der Waals surface area contributed by atoms with Gasteiger partial charge in [-0.1, -0.05) is 36.4 Å². The van der Waals surface area contributed by atoms with Crippen LogP contribution in [0, 0.1) is 11.6 Å². The molecule has 2 aromatic carbocycles. The minimum Gasteiger partial charge on any atom is -0.365 e. The van der Waals surface area contributed by atoms with Crippen LogP contribution in [-0.4, -0.2) is 50.6 Å². The molecule has 1 unspecified atom stereocenters. The Hall–Kier alpha value is -2.43. The van der Waals surface area contributed by atoms with E-state index in [4.69, 9.17) is 0 Å². The van der Waals surface area contributed by atoms with Crippen molar-refractivity contribution in [3.63, 3.8) is 0 Å². The van der Waals surface area contributed by atoms with Crippen molar-refractivity contribution in [2.45, 2.75) is 25.8 Å². The smallest absolute Gasteiger partial charge is 0.241 e. The Balaban J connectivity index is 0.00000363. The van der Waals surface area contributed by atoms with Crippen LogP contribution in [0.2, 0.25) is 0 Å². The van der Waals surface area contributed by atoms with Crippen LogP contribution in [0.1, 0.15) is 18.9 Å². The maximum Gasteiger partial charge on any atom is 0.241 e. The molecule has 0 saturated carbocycles. The Morgan fingerprint density at radius 3 is 2.50 bits per heavy atom. The molecule has 2 aromatic rings. The largest absolute Gasteiger partial charge is 0.365 e. The first kappa shape index (κ1) is 25.8. The molecule has 1 aliphatic heterocycles. The standard InChI is InChI=1S/C23H29F2N5O.HI/c1-2-26-23(28-15-21(31)27-13-11-17-7-4-3-5-8-17)29-18-12-14-30(16-18)22-19(24)9-6-10-20(22)25;/h3-10,18H,2,11-16H2,1H3,(H,27,31)(H2,26,28,29);1H. The fourth-order valence-electron chi connectivity index (χ4n) is 3.58. The SMILES string of the molecule is CCNC(=NCC(=O)NCCc1ccccc1)NC1CCN(c2c(F)cccc2F)C1.I. The van der Waals surface area contributed by atoms with Crippen molar-refractivity contribution in [1.82, 2.24) is 16.0 Å². The number of nitrogens with zero attached hydrogens (tertiary/aromatic N) is 2. The molecule has 9 heteroatoms. The van der Waals surface area contributed by atoms with E-state index in [1.807, 2.05) is 37.3 Å². The number of benzene rings is 2. The molecule has 0 radical (unpaired) electrons. The average molecular weight is 557 g/mol. The third-order valence-corrected chi connectivity index (χ3v) is 5.09. The molecule has 1 fully saturated rings. The summed E-state index contributed by atoms with van der Waals surface area (Å²) < 4.78 is 28.1. The summed E-state index contributed by atoms with van der Waals surface area (Å²) in [6.45, 7) is 4.11. The number of guanidine groups is 1. The van der Waals surface area contributed by atoms with E-state index in [1.54, 1.807) is 4.90 Å². The topological polar surface area (TPSA) is 68.8 Å². The van der Waals surface area contributed by atoms with Crippen LogP contribution in [-0.2, 0) is 11.2 Å². The lowest BCUT2D eigenvalue weighted by atomic mass is 10.1. The van der Waals surface area contributed by atoms with E-state index < -0.39 is 11.6 Å². The van der Waals surface area contributed by atoms with Crippen LogP contribution < -0.4 is 20.9 Å². The molecule has 0 aromatic heterocycles. The minimum atomic E-state index is -0.562. The summed E-state index contributed by atoms with van der Waals surface area (Å²) in [5.74, 6) is -0.766. The number of anilines is 1. The predicted molar refractivity (Wildman–Crippen MR) is 135 cm³/mol. The van der Waals surface area contributed by atoms with Gasteiger partial charge in [0, 0.05) is 32.2 Å². The van der Waals surface area contributed by atoms with Gasteiger partial charge in [-0.15, -0.1) is 24.0 Å². The summed E-state index contributed by atoms with van der Waals surface area (Å²) in [6.07, 6.45) is 1.47. The number of hydrogen-bond acceptors (Lipinski definition) is 3. The second-order valence-electron chi connectivity index (χ2n) is 7.43. The molecule has 1 atom stereocenters.